The minimum absolute atomic E-state index is 0.0262. The molecule has 0 spiro atoms. The molecule has 1 fully saturated rings. The van der Waals surface area contributed by atoms with Crippen molar-refractivity contribution in [2.24, 2.45) is 0 Å². The molecule has 0 saturated carbocycles. The largest absolute Gasteiger partial charge is 0.545 e. The van der Waals surface area contributed by atoms with Gasteiger partial charge in [0.2, 0.25) is 5.91 Å². The number of nitrogens with zero attached hydrogens (tertiary/aromatic N) is 3. The molecular weight excluding hydrogens is 434 g/mol. The van der Waals surface area contributed by atoms with Crippen LogP contribution in [-0.2, 0) is 17.8 Å². The number of ether oxygens (including phenoxy) is 1. The van der Waals surface area contributed by atoms with E-state index in [4.69, 9.17) is 4.74 Å². The quantitative estimate of drug-likeness (QED) is 0.532. The lowest BCUT2D eigenvalue weighted by Crippen LogP contribution is -2.51. The maximum absolute atomic E-state index is 13.0. The zero-order chi connectivity index (χ0) is 23.9. The molecular formula is C26H24N3O5-. The lowest BCUT2D eigenvalue weighted by molar-refractivity contribution is -0.255. The van der Waals surface area contributed by atoms with Crippen molar-refractivity contribution < 1.29 is 24.2 Å². The van der Waals surface area contributed by atoms with Crippen molar-refractivity contribution in [1.82, 2.24) is 14.8 Å². The highest BCUT2D eigenvalue weighted by Gasteiger charge is 2.25. The van der Waals surface area contributed by atoms with E-state index in [0.29, 0.717) is 49.5 Å². The number of carboxylic acid groups (broad SMARTS) is 1. The summed E-state index contributed by atoms with van der Waals surface area (Å²) >= 11 is 0. The number of carboxylic acids is 1. The molecule has 174 valence electrons. The fourth-order valence-corrected chi connectivity index (χ4v) is 3.80. The minimum Gasteiger partial charge on any atom is -0.545 e. The summed E-state index contributed by atoms with van der Waals surface area (Å²) in [4.78, 5) is 44.1. The average molecular weight is 458 g/mol. The lowest BCUT2D eigenvalue weighted by atomic mass is 10.1. The van der Waals surface area contributed by atoms with Gasteiger partial charge in [-0.05, 0) is 47.0 Å². The number of rotatable bonds is 7. The lowest BCUT2D eigenvalue weighted by Gasteiger charge is -2.35. The Morgan fingerprint density at radius 2 is 1.56 bits per heavy atom. The Hall–Kier alpha value is -4.20. The van der Waals surface area contributed by atoms with E-state index in [1.807, 2.05) is 12.1 Å². The molecule has 0 radical (unpaired) electrons. The van der Waals surface area contributed by atoms with E-state index in [1.54, 1.807) is 58.6 Å². The third kappa shape index (κ3) is 5.78. The van der Waals surface area contributed by atoms with Gasteiger partial charge in [0.1, 0.15) is 12.4 Å². The SMILES string of the molecule is O=C([O-])c1cccc(COc2cccc(C(=O)N3CCN(C(=O)Cc4cccnc4)CC3)c2)c1. The van der Waals surface area contributed by atoms with Crippen LogP contribution >= 0.6 is 0 Å². The molecule has 0 N–H and O–H groups in total. The summed E-state index contributed by atoms with van der Waals surface area (Å²) in [5, 5.41) is 11.0. The molecule has 8 heteroatoms. The normalized spacial score (nSPS) is 13.4. The molecule has 0 atom stereocenters. The number of aromatic nitrogens is 1. The third-order valence-corrected chi connectivity index (χ3v) is 5.65. The first-order valence-corrected chi connectivity index (χ1v) is 11.0. The highest BCUT2D eigenvalue weighted by atomic mass is 16.5. The van der Waals surface area contributed by atoms with Crippen LogP contribution in [0, 0.1) is 0 Å². The molecule has 4 rings (SSSR count). The van der Waals surface area contributed by atoms with Crippen LogP contribution in [0.4, 0.5) is 0 Å². The predicted molar refractivity (Wildman–Crippen MR) is 122 cm³/mol. The van der Waals surface area contributed by atoms with Gasteiger partial charge in [-0.25, -0.2) is 0 Å². The van der Waals surface area contributed by atoms with Gasteiger partial charge in [0.05, 0.1) is 12.4 Å². The maximum Gasteiger partial charge on any atom is 0.254 e. The van der Waals surface area contributed by atoms with Gasteiger partial charge in [0, 0.05) is 44.1 Å². The van der Waals surface area contributed by atoms with Gasteiger partial charge >= 0.3 is 0 Å². The molecule has 8 nitrogen and oxygen atoms in total. The zero-order valence-corrected chi connectivity index (χ0v) is 18.6. The summed E-state index contributed by atoms with van der Waals surface area (Å²) in [6.45, 7) is 2.04. The smallest absolute Gasteiger partial charge is 0.254 e. The Morgan fingerprint density at radius 1 is 0.853 bits per heavy atom. The van der Waals surface area contributed by atoms with Gasteiger partial charge in [-0.1, -0.05) is 30.3 Å². The van der Waals surface area contributed by atoms with E-state index < -0.39 is 5.97 Å². The van der Waals surface area contributed by atoms with Gasteiger partial charge in [-0.2, -0.15) is 0 Å². The highest BCUT2D eigenvalue weighted by Crippen LogP contribution is 2.18. The van der Waals surface area contributed by atoms with Crippen molar-refractivity contribution in [2.45, 2.75) is 13.0 Å². The molecule has 0 bridgehead atoms. The van der Waals surface area contributed by atoms with Crippen molar-refractivity contribution in [2.75, 3.05) is 26.2 Å². The van der Waals surface area contributed by atoms with Gasteiger partial charge in [0.15, 0.2) is 0 Å². The van der Waals surface area contributed by atoms with Crippen LogP contribution in [0.1, 0.15) is 31.8 Å². The number of benzene rings is 2. The Balaban J connectivity index is 1.31. The highest BCUT2D eigenvalue weighted by molar-refractivity contribution is 5.94. The second-order valence-corrected chi connectivity index (χ2v) is 8.02. The zero-order valence-electron chi connectivity index (χ0n) is 18.6. The minimum atomic E-state index is -1.24. The molecule has 1 saturated heterocycles. The van der Waals surface area contributed by atoms with Crippen molar-refractivity contribution in [1.29, 1.82) is 0 Å². The molecule has 2 amide bonds. The van der Waals surface area contributed by atoms with Crippen LogP contribution in [0.2, 0.25) is 0 Å². The van der Waals surface area contributed by atoms with Crippen LogP contribution < -0.4 is 9.84 Å². The van der Waals surface area contributed by atoms with Crippen molar-refractivity contribution in [3.8, 4) is 5.75 Å². The Labute approximate surface area is 197 Å². The van der Waals surface area contributed by atoms with Crippen LogP contribution in [0.3, 0.4) is 0 Å². The van der Waals surface area contributed by atoms with E-state index in [1.165, 1.54) is 12.1 Å². The first kappa shape index (κ1) is 23.0. The summed E-state index contributed by atoms with van der Waals surface area (Å²) in [5.74, 6) is -0.828. The number of aromatic carboxylic acids is 1. The molecule has 1 aliphatic heterocycles. The summed E-state index contributed by atoms with van der Waals surface area (Å²) < 4.78 is 5.77. The molecule has 2 heterocycles. The van der Waals surface area contributed by atoms with E-state index in [9.17, 15) is 19.5 Å². The van der Waals surface area contributed by atoms with Gasteiger partial charge in [0.25, 0.3) is 5.91 Å². The Kier molecular flexibility index (Phi) is 7.17. The first-order chi connectivity index (χ1) is 16.5. The average Bonchev–Trinajstić information content (AvgIpc) is 2.88. The van der Waals surface area contributed by atoms with Crippen molar-refractivity contribution in [3.63, 3.8) is 0 Å². The number of amides is 2. The van der Waals surface area contributed by atoms with Gasteiger partial charge in [-0.15, -0.1) is 0 Å². The fraction of sp³-hybridized carbons (Fsp3) is 0.231. The van der Waals surface area contributed by atoms with Gasteiger partial charge in [-0.3, -0.25) is 14.6 Å². The third-order valence-electron chi connectivity index (χ3n) is 5.65. The second kappa shape index (κ2) is 10.6. The molecule has 1 aromatic heterocycles. The molecule has 0 unspecified atom stereocenters. The molecule has 2 aromatic carbocycles. The number of piperazine rings is 1. The summed E-state index contributed by atoms with van der Waals surface area (Å²) in [5.41, 5.74) is 2.14. The summed E-state index contributed by atoms with van der Waals surface area (Å²) in [7, 11) is 0. The van der Waals surface area contributed by atoms with Crippen molar-refractivity contribution in [3.05, 3.63) is 95.3 Å². The number of hydrogen-bond donors (Lipinski definition) is 0. The summed E-state index contributed by atoms with van der Waals surface area (Å²) in [6.07, 6.45) is 3.66. The fourth-order valence-electron chi connectivity index (χ4n) is 3.80. The predicted octanol–water partition coefficient (Wildman–Crippen LogP) is 1.55. The number of pyridine rings is 1. The van der Waals surface area contributed by atoms with Crippen LogP contribution in [0.15, 0.2) is 73.1 Å². The van der Waals surface area contributed by atoms with Crippen molar-refractivity contribution >= 4 is 17.8 Å². The van der Waals surface area contributed by atoms with Crippen LogP contribution in [-0.4, -0.2) is 58.7 Å². The molecule has 0 aliphatic carbocycles. The van der Waals surface area contributed by atoms with Gasteiger partial charge < -0.3 is 24.4 Å². The Bertz CT molecular complexity index is 1170. The number of hydrogen-bond acceptors (Lipinski definition) is 6. The van der Waals surface area contributed by atoms with E-state index in [2.05, 4.69) is 4.98 Å². The summed E-state index contributed by atoms with van der Waals surface area (Å²) in [6, 6.07) is 16.9. The van der Waals surface area contributed by atoms with E-state index in [-0.39, 0.29) is 24.0 Å². The monoisotopic (exact) mass is 458 g/mol. The molecule has 3 aromatic rings. The van der Waals surface area contributed by atoms with Crippen LogP contribution in [0.25, 0.3) is 0 Å². The topological polar surface area (TPSA) is 103 Å². The maximum atomic E-state index is 13.0. The molecule has 34 heavy (non-hydrogen) atoms. The second-order valence-electron chi connectivity index (χ2n) is 8.02. The van der Waals surface area contributed by atoms with E-state index >= 15 is 0 Å². The van der Waals surface area contributed by atoms with E-state index in [0.717, 1.165) is 5.56 Å². The number of carbonyl (C=O) groups excluding carboxylic acids is 3. The Morgan fingerprint density at radius 3 is 2.29 bits per heavy atom. The number of carbonyl (C=O) groups is 3. The first-order valence-electron chi connectivity index (χ1n) is 11.0. The standard InChI is InChI=1S/C26H25N3O5/c30-24(15-19-5-3-9-27-17-19)28-10-12-29(13-11-28)25(31)21-6-2-8-23(16-21)34-18-20-4-1-7-22(14-20)26(32)33/h1-9,14,16-17H,10-13,15,18H2,(H,32,33)/p-1. The molecule has 1 aliphatic rings. The van der Waals surface area contributed by atoms with Crippen LogP contribution in [0.5, 0.6) is 5.75 Å².